The first-order chi connectivity index (χ1) is 8.65. The van der Waals surface area contributed by atoms with Crippen LogP contribution >= 0.6 is 0 Å². The van der Waals surface area contributed by atoms with Gasteiger partial charge in [-0.05, 0) is 5.56 Å². The number of ether oxygens (including phenoxy) is 1. The second kappa shape index (κ2) is 5.62. The van der Waals surface area contributed by atoms with Crippen molar-refractivity contribution in [2.45, 2.75) is 13.0 Å². The summed E-state index contributed by atoms with van der Waals surface area (Å²) >= 11 is 0. The van der Waals surface area contributed by atoms with E-state index in [-0.39, 0.29) is 6.61 Å². The van der Waals surface area contributed by atoms with Gasteiger partial charge in [-0.15, -0.1) is 0 Å². The predicted molar refractivity (Wildman–Crippen MR) is 61.9 cm³/mol. The first-order valence-corrected chi connectivity index (χ1v) is 5.59. The first-order valence-electron chi connectivity index (χ1n) is 5.59. The first kappa shape index (κ1) is 12.5. The van der Waals surface area contributed by atoms with Crippen LogP contribution in [0, 0.1) is 0 Å². The van der Waals surface area contributed by atoms with Crippen LogP contribution in [0.25, 0.3) is 0 Å². The third kappa shape index (κ3) is 3.29. The second-order valence-electron chi connectivity index (χ2n) is 4.00. The molecule has 18 heavy (non-hydrogen) atoms. The van der Waals surface area contributed by atoms with Crippen LogP contribution in [0.15, 0.2) is 42.1 Å². The van der Waals surface area contributed by atoms with Crippen molar-refractivity contribution in [3.05, 3.63) is 47.7 Å². The molecule has 96 valence electrons. The van der Waals surface area contributed by atoms with Gasteiger partial charge in [-0.3, -0.25) is 0 Å². The smallest absolute Gasteiger partial charge is 0.333 e. The lowest BCUT2D eigenvalue weighted by molar-refractivity contribution is -0.135. The van der Waals surface area contributed by atoms with Gasteiger partial charge in [-0.25, -0.2) is 13.6 Å². The third-order valence-electron chi connectivity index (χ3n) is 2.63. The summed E-state index contributed by atoms with van der Waals surface area (Å²) in [5, 5.41) is 0. The van der Waals surface area contributed by atoms with E-state index in [0.717, 1.165) is 5.56 Å². The van der Waals surface area contributed by atoms with Crippen LogP contribution < -0.4 is 0 Å². The van der Waals surface area contributed by atoms with Crippen LogP contribution in [-0.2, 0) is 16.1 Å². The molecule has 0 saturated heterocycles. The van der Waals surface area contributed by atoms with E-state index in [1.807, 2.05) is 30.3 Å². The fraction of sp³-hybridized carbons (Fsp3) is 0.308. The van der Waals surface area contributed by atoms with Crippen molar-refractivity contribution >= 4 is 5.97 Å². The standard InChI is InChI=1S/C13H13F2NO2/c14-12(15)8-16(11-6-13(17)18-9-11)7-10-4-2-1-3-5-10/h1-6,12H,7-9H2. The van der Waals surface area contributed by atoms with E-state index in [4.69, 9.17) is 4.74 Å². The summed E-state index contributed by atoms with van der Waals surface area (Å²) in [4.78, 5) is 12.5. The number of hydrogen-bond acceptors (Lipinski definition) is 3. The highest BCUT2D eigenvalue weighted by Crippen LogP contribution is 2.17. The van der Waals surface area contributed by atoms with Crippen LogP contribution in [0.3, 0.4) is 0 Å². The fourth-order valence-corrected chi connectivity index (χ4v) is 1.80. The minimum absolute atomic E-state index is 0.0678. The fourth-order valence-electron chi connectivity index (χ4n) is 1.80. The molecule has 0 fully saturated rings. The van der Waals surface area contributed by atoms with E-state index < -0.39 is 18.9 Å². The lowest BCUT2D eigenvalue weighted by atomic mass is 10.2. The summed E-state index contributed by atoms with van der Waals surface area (Å²) in [5.74, 6) is -0.475. The number of alkyl halides is 2. The predicted octanol–water partition coefficient (Wildman–Crippen LogP) is 2.19. The zero-order chi connectivity index (χ0) is 13.0. The van der Waals surface area contributed by atoms with E-state index in [1.54, 1.807) is 0 Å². The maximum atomic E-state index is 12.5. The highest BCUT2D eigenvalue weighted by atomic mass is 19.3. The molecule has 0 bridgehead atoms. The van der Waals surface area contributed by atoms with Gasteiger partial charge in [0.25, 0.3) is 6.43 Å². The molecular formula is C13H13F2NO2. The second-order valence-corrected chi connectivity index (χ2v) is 4.00. The summed E-state index contributed by atoms with van der Waals surface area (Å²) < 4.78 is 29.8. The van der Waals surface area contributed by atoms with Crippen molar-refractivity contribution in [2.24, 2.45) is 0 Å². The molecule has 1 aromatic rings. The van der Waals surface area contributed by atoms with Crippen molar-refractivity contribution in [1.82, 2.24) is 4.90 Å². The molecule has 1 aromatic carbocycles. The van der Waals surface area contributed by atoms with Crippen LogP contribution in [-0.4, -0.2) is 30.4 Å². The summed E-state index contributed by atoms with van der Waals surface area (Å²) in [6, 6.07) is 9.27. The van der Waals surface area contributed by atoms with E-state index in [1.165, 1.54) is 11.0 Å². The van der Waals surface area contributed by atoms with Crippen LogP contribution in [0.2, 0.25) is 0 Å². The molecule has 2 rings (SSSR count). The number of rotatable bonds is 5. The average molecular weight is 253 g/mol. The van der Waals surface area contributed by atoms with E-state index in [2.05, 4.69) is 0 Å². The molecule has 0 radical (unpaired) electrons. The number of nitrogens with zero attached hydrogens (tertiary/aromatic N) is 1. The molecule has 1 heterocycles. The molecule has 5 heteroatoms. The molecule has 0 amide bonds. The van der Waals surface area contributed by atoms with Gasteiger partial charge in [-0.1, -0.05) is 30.3 Å². The highest BCUT2D eigenvalue weighted by Gasteiger charge is 2.21. The Morgan fingerprint density at radius 3 is 2.56 bits per heavy atom. The van der Waals surface area contributed by atoms with Gasteiger partial charge in [0.1, 0.15) is 6.61 Å². The summed E-state index contributed by atoms with van der Waals surface area (Å²) in [6.45, 7) is 0.00338. The number of benzene rings is 1. The number of cyclic esters (lactones) is 1. The van der Waals surface area contributed by atoms with Crippen molar-refractivity contribution in [3.63, 3.8) is 0 Å². The molecule has 0 aromatic heterocycles. The van der Waals surface area contributed by atoms with Crippen molar-refractivity contribution in [3.8, 4) is 0 Å². The SMILES string of the molecule is O=C1C=C(N(Cc2ccccc2)CC(F)F)CO1. The molecular weight excluding hydrogens is 240 g/mol. The van der Waals surface area contributed by atoms with Gasteiger partial charge in [0, 0.05) is 12.6 Å². The zero-order valence-electron chi connectivity index (χ0n) is 9.68. The van der Waals surface area contributed by atoms with Crippen molar-refractivity contribution in [2.75, 3.05) is 13.2 Å². The Hall–Kier alpha value is -1.91. The van der Waals surface area contributed by atoms with Crippen LogP contribution in [0.5, 0.6) is 0 Å². The minimum atomic E-state index is -2.45. The lowest BCUT2D eigenvalue weighted by Gasteiger charge is -2.24. The molecule has 0 atom stereocenters. The number of hydrogen-bond donors (Lipinski definition) is 0. The Kier molecular flexibility index (Phi) is 3.92. The molecule has 0 saturated carbocycles. The van der Waals surface area contributed by atoms with Crippen LogP contribution in [0.1, 0.15) is 5.56 Å². The topological polar surface area (TPSA) is 29.5 Å². The van der Waals surface area contributed by atoms with Gasteiger partial charge < -0.3 is 9.64 Å². The molecule has 1 aliphatic rings. The Balaban J connectivity index is 2.10. The molecule has 0 N–H and O–H groups in total. The Morgan fingerprint density at radius 1 is 1.28 bits per heavy atom. The molecule has 1 aliphatic heterocycles. The normalized spacial score (nSPS) is 14.6. The number of carbonyl (C=O) groups excluding carboxylic acids is 1. The average Bonchev–Trinajstić information content (AvgIpc) is 2.76. The molecule has 0 unspecified atom stereocenters. The van der Waals surface area contributed by atoms with Crippen LogP contribution in [0.4, 0.5) is 8.78 Å². The number of esters is 1. The van der Waals surface area contributed by atoms with Gasteiger partial charge in [0.05, 0.1) is 12.2 Å². The maximum Gasteiger partial charge on any atom is 0.333 e. The molecule has 3 nitrogen and oxygen atoms in total. The largest absolute Gasteiger partial charge is 0.456 e. The van der Waals surface area contributed by atoms with Gasteiger partial charge in [0.2, 0.25) is 0 Å². The molecule has 0 aliphatic carbocycles. The van der Waals surface area contributed by atoms with E-state index >= 15 is 0 Å². The highest BCUT2D eigenvalue weighted by molar-refractivity contribution is 5.85. The lowest BCUT2D eigenvalue weighted by Crippen LogP contribution is -2.28. The van der Waals surface area contributed by atoms with Crippen molar-refractivity contribution in [1.29, 1.82) is 0 Å². The van der Waals surface area contributed by atoms with E-state index in [0.29, 0.717) is 12.2 Å². The Morgan fingerprint density at radius 2 is 2.00 bits per heavy atom. The van der Waals surface area contributed by atoms with Gasteiger partial charge in [0.15, 0.2) is 0 Å². The monoisotopic (exact) mass is 253 g/mol. The Bertz CT molecular complexity index is 446. The van der Waals surface area contributed by atoms with Gasteiger partial charge >= 0.3 is 5.97 Å². The van der Waals surface area contributed by atoms with Gasteiger partial charge in [-0.2, -0.15) is 0 Å². The Labute approximate surface area is 104 Å². The zero-order valence-corrected chi connectivity index (χ0v) is 9.68. The minimum Gasteiger partial charge on any atom is -0.456 e. The summed E-state index contributed by atoms with van der Waals surface area (Å²) in [7, 11) is 0. The summed E-state index contributed by atoms with van der Waals surface area (Å²) in [5.41, 5.74) is 1.42. The molecule has 0 spiro atoms. The van der Waals surface area contributed by atoms with Crippen molar-refractivity contribution < 1.29 is 18.3 Å². The van der Waals surface area contributed by atoms with E-state index in [9.17, 15) is 13.6 Å². The summed E-state index contributed by atoms with van der Waals surface area (Å²) in [6.07, 6.45) is -1.18. The quantitative estimate of drug-likeness (QED) is 0.753. The number of carbonyl (C=O) groups is 1. The third-order valence-corrected chi connectivity index (χ3v) is 2.63. The number of halogens is 2. The maximum absolute atomic E-state index is 12.5.